The second-order valence-corrected chi connectivity index (χ2v) is 9.75. The Balaban J connectivity index is 1.35. The summed E-state index contributed by atoms with van der Waals surface area (Å²) in [5.74, 6) is 2.14. The number of carbonyl (C=O) groups excluding carboxylic acids is 1. The Bertz CT molecular complexity index is 1390. The number of aryl methyl sites for hydroxylation is 5. The standard InChI is InChI=1S/C30H33N3O2/c1-20-10-13-27(23(4)16-20)33-19-24(18-29(33)34)30-31-26-8-5-6-9-28(26)32(30)14-7-15-35-25-12-11-21(2)22(3)17-25/h5-6,8-13,16-17,24H,7,14-15,18-19H2,1-4H3. The predicted octanol–water partition coefficient (Wildman–Crippen LogP) is 6.26. The second-order valence-electron chi connectivity index (χ2n) is 9.75. The molecule has 1 amide bonds. The molecule has 1 aromatic heterocycles. The number of rotatable bonds is 7. The lowest BCUT2D eigenvalue weighted by Gasteiger charge is -2.20. The molecule has 1 fully saturated rings. The summed E-state index contributed by atoms with van der Waals surface area (Å²) < 4.78 is 8.33. The lowest BCUT2D eigenvalue weighted by molar-refractivity contribution is -0.117. The van der Waals surface area contributed by atoms with Crippen LogP contribution in [0.25, 0.3) is 11.0 Å². The van der Waals surface area contributed by atoms with Crippen LogP contribution in [0, 0.1) is 27.7 Å². The summed E-state index contributed by atoms with van der Waals surface area (Å²) in [7, 11) is 0. The van der Waals surface area contributed by atoms with Gasteiger partial charge in [-0.05, 0) is 81.1 Å². The van der Waals surface area contributed by atoms with E-state index in [1.165, 1.54) is 16.7 Å². The molecule has 0 saturated carbocycles. The van der Waals surface area contributed by atoms with Crippen molar-refractivity contribution in [3.05, 3.63) is 88.7 Å². The predicted molar refractivity (Wildman–Crippen MR) is 141 cm³/mol. The van der Waals surface area contributed by atoms with Gasteiger partial charge < -0.3 is 14.2 Å². The van der Waals surface area contributed by atoms with E-state index in [1.807, 2.05) is 17.0 Å². The van der Waals surface area contributed by atoms with E-state index < -0.39 is 0 Å². The fraction of sp³-hybridized carbons (Fsp3) is 0.333. The topological polar surface area (TPSA) is 47.4 Å². The van der Waals surface area contributed by atoms with Crippen LogP contribution in [0.2, 0.25) is 0 Å². The first kappa shape index (κ1) is 23.2. The molecule has 0 radical (unpaired) electrons. The zero-order chi connectivity index (χ0) is 24.5. The van der Waals surface area contributed by atoms with Gasteiger partial charge in [0.2, 0.25) is 5.91 Å². The summed E-state index contributed by atoms with van der Waals surface area (Å²) >= 11 is 0. The molecule has 0 spiro atoms. The van der Waals surface area contributed by atoms with Crippen LogP contribution in [-0.4, -0.2) is 28.6 Å². The fourth-order valence-electron chi connectivity index (χ4n) is 5.08. The highest BCUT2D eigenvalue weighted by molar-refractivity contribution is 5.97. The molecule has 5 heteroatoms. The third-order valence-electron chi connectivity index (χ3n) is 7.09. The average Bonchev–Trinajstić information content (AvgIpc) is 3.39. The molecule has 0 bridgehead atoms. The van der Waals surface area contributed by atoms with Crippen molar-refractivity contribution in [1.29, 1.82) is 0 Å². The molecule has 2 heterocycles. The second kappa shape index (κ2) is 9.57. The largest absolute Gasteiger partial charge is 0.494 e. The first-order valence-electron chi connectivity index (χ1n) is 12.4. The molecule has 1 aliphatic heterocycles. The normalized spacial score (nSPS) is 15.8. The molecule has 5 rings (SSSR count). The Morgan fingerprint density at radius 1 is 0.943 bits per heavy atom. The third kappa shape index (κ3) is 4.68. The van der Waals surface area contributed by atoms with Gasteiger partial charge in [0.25, 0.3) is 0 Å². The van der Waals surface area contributed by atoms with Crippen molar-refractivity contribution in [1.82, 2.24) is 9.55 Å². The first-order valence-corrected chi connectivity index (χ1v) is 12.4. The van der Waals surface area contributed by atoms with Crippen LogP contribution in [0.5, 0.6) is 5.75 Å². The summed E-state index contributed by atoms with van der Waals surface area (Å²) in [6.07, 6.45) is 1.34. The van der Waals surface area contributed by atoms with E-state index in [-0.39, 0.29) is 11.8 Å². The van der Waals surface area contributed by atoms with Crippen LogP contribution >= 0.6 is 0 Å². The minimum absolute atomic E-state index is 0.0660. The summed E-state index contributed by atoms with van der Waals surface area (Å²) in [5, 5.41) is 0. The fourth-order valence-corrected chi connectivity index (χ4v) is 5.08. The highest BCUT2D eigenvalue weighted by Crippen LogP contribution is 2.34. The van der Waals surface area contributed by atoms with E-state index in [0.29, 0.717) is 19.6 Å². The van der Waals surface area contributed by atoms with Gasteiger partial charge in [-0.2, -0.15) is 0 Å². The molecule has 0 aliphatic carbocycles. The highest BCUT2D eigenvalue weighted by atomic mass is 16.5. The molecule has 1 aliphatic rings. The Kier molecular flexibility index (Phi) is 6.33. The number of amides is 1. The van der Waals surface area contributed by atoms with E-state index in [2.05, 4.69) is 80.8 Å². The number of benzene rings is 3. The summed E-state index contributed by atoms with van der Waals surface area (Å²) in [5.41, 5.74) is 7.96. The molecule has 0 N–H and O–H groups in total. The number of nitrogens with zero attached hydrogens (tertiary/aromatic N) is 3. The van der Waals surface area contributed by atoms with Crippen LogP contribution in [0.3, 0.4) is 0 Å². The van der Waals surface area contributed by atoms with Crippen LogP contribution in [0.15, 0.2) is 60.7 Å². The third-order valence-corrected chi connectivity index (χ3v) is 7.09. The monoisotopic (exact) mass is 467 g/mol. The van der Waals surface area contributed by atoms with Crippen LogP contribution in [0.4, 0.5) is 5.69 Å². The van der Waals surface area contributed by atoms with Crippen LogP contribution in [0.1, 0.15) is 46.8 Å². The van der Waals surface area contributed by atoms with Crippen molar-refractivity contribution >= 4 is 22.6 Å². The molecule has 1 atom stereocenters. The van der Waals surface area contributed by atoms with Gasteiger partial charge >= 0.3 is 0 Å². The van der Waals surface area contributed by atoms with Gasteiger partial charge in [-0.3, -0.25) is 4.79 Å². The number of imidazole rings is 1. The molecular formula is C30H33N3O2. The zero-order valence-electron chi connectivity index (χ0n) is 21.0. The van der Waals surface area contributed by atoms with E-state index in [9.17, 15) is 4.79 Å². The van der Waals surface area contributed by atoms with E-state index in [0.717, 1.165) is 46.8 Å². The van der Waals surface area contributed by atoms with Gasteiger partial charge in [0.1, 0.15) is 11.6 Å². The maximum absolute atomic E-state index is 13.1. The molecule has 1 saturated heterocycles. The Morgan fingerprint density at radius 3 is 2.57 bits per heavy atom. The van der Waals surface area contributed by atoms with E-state index in [4.69, 9.17) is 9.72 Å². The zero-order valence-corrected chi connectivity index (χ0v) is 21.0. The average molecular weight is 468 g/mol. The smallest absolute Gasteiger partial charge is 0.227 e. The molecule has 4 aromatic rings. The minimum Gasteiger partial charge on any atom is -0.494 e. The number of fused-ring (bicyclic) bond motifs is 1. The van der Waals surface area contributed by atoms with Crippen molar-refractivity contribution in [2.45, 2.75) is 53.0 Å². The van der Waals surface area contributed by atoms with Crippen LogP contribution < -0.4 is 9.64 Å². The van der Waals surface area contributed by atoms with Crippen molar-refractivity contribution < 1.29 is 9.53 Å². The number of hydrogen-bond acceptors (Lipinski definition) is 3. The van der Waals surface area contributed by atoms with Crippen molar-refractivity contribution in [2.75, 3.05) is 18.1 Å². The number of aromatic nitrogens is 2. The Morgan fingerprint density at radius 2 is 1.77 bits per heavy atom. The number of carbonyl (C=O) groups is 1. The van der Waals surface area contributed by atoms with Gasteiger partial charge in [-0.1, -0.05) is 35.9 Å². The van der Waals surface area contributed by atoms with Crippen molar-refractivity contribution in [3.8, 4) is 5.75 Å². The number of para-hydroxylation sites is 2. The molecular weight excluding hydrogens is 434 g/mol. The Hall–Kier alpha value is -3.60. The maximum Gasteiger partial charge on any atom is 0.227 e. The molecule has 1 unspecified atom stereocenters. The van der Waals surface area contributed by atoms with E-state index >= 15 is 0 Å². The summed E-state index contributed by atoms with van der Waals surface area (Å²) in [4.78, 5) is 20.0. The van der Waals surface area contributed by atoms with Gasteiger partial charge in [-0.15, -0.1) is 0 Å². The van der Waals surface area contributed by atoms with Crippen LogP contribution in [-0.2, 0) is 11.3 Å². The van der Waals surface area contributed by atoms with Gasteiger partial charge in [0.15, 0.2) is 0 Å². The highest BCUT2D eigenvalue weighted by Gasteiger charge is 2.35. The Labute approximate surface area is 207 Å². The SMILES string of the molecule is Cc1ccc(N2CC(c3nc4ccccc4n3CCCOc3ccc(C)c(C)c3)CC2=O)c(C)c1. The number of hydrogen-bond donors (Lipinski definition) is 0. The number of ether oxygens (including phenoxy) is 1. The van der Waals surface area contributed by atoms with Gasteiger partial charge in [-0.25, -0.2) is 4.98 Å². The molecule has 35 heavy (non-hydrogen) atoms. The van der Waals surface area contributed by atoms with Gasteiger partial charge in [0.05, 0.1) is 17.6 Å². The van der Waals surface area contributed by atoms with Gasteiger partial charge in [0, 0.05) is 31.1 Å². The minimum atomic E-state index is 0.0660. The summed E-state index contributed by atoms with van der Waals surface area (Å²) in [6, 6.07) is 20.8. The number of anilines is 1. The van der Waals surface area contributed by atoms with Crippen molar-refractivity contribution in [2.24, 2.45) is 0 Å². The maximum atomic E-state index is 13.1. The van der Waals surface area contributed by atoms with Crippen molar-refractivity contribution in [3.63, 3.8) is 0 Å². The first-order chi connectivity index (χ1) is 16.9. The lowest BCUT2D eigenvalue weighted by atomic mass is 10.1. The molecule has 180 valence electrons. The van der Waals surface area contributed by atoms with E-state index in [1.54, 1.807) is 0 Å². The molecule has 5 nitrogen and oxygen atoms in total. The quantitative estimate of drug-likeness (QED) is 0.301. The lowest BCUT2D eigenvalue weighted by Crippen LogP contribution is -2.25. The molecule has 3 aromatic carbocycles. The summed E-state index contributed by atoms with van der Waals surface area (Å²) in [6.45, 7) is 10.5.